The van der Waals surface area contributed by atoms with Crippen molar-refractivity contribution in [3.63, 3.8) is 0 Å². The Morgan fingerprint density at radius 2 is 1.70 bits per heavy atom. The normalized spacial score (nSPS) is 15.9. The summed E-state index contributed by atoms with van der Waals surface area (Å²) >= 11 is 5.89. The number of amides is 2. The molecule has 3 N–H and O–H groups in total. The van der Waals surface area contributed by atoms with Crippen LogP contribution >= 0.6 is 11.6 Å². The second-order valence-corrected chi connectivity index (χ2v) is 9.89. The summed E-state index contributed by atoms with van der Waals surface area (Å²) in [5.74, 6) is -0.469. The number of carbonyl (C=O) groups is 2. The van der Waals surface area contributed by atoms with Gasteiger partial charge in [0.2, 0.25) is 5.91 Å². The van der Waals surface area contributed by atoms with Crippen LogP contribution in [0.3, 0.4) is 0 Å². The van der Waals surface area contributed by atoms with Gasteiger partial charge in [-0.1, -0.05) is 41.9 Å². The molecule has 0 aromatic heterocycles. The van der Waals surface area contributed by atoms with Gasteiger partial charge in [-0.3, -0.25) is 14.5 Å². The second-order valence-electron chi connectivity index (χ2n) is 7.75. The molecule has 0 saturated carbocycles. The monoisotopic (exact) mass is 496 g/mol. The molecule has 2 aromatic carbocycles. The van der Waals surface area contributed by atoms with Crippen molar-refractivity contribution in [2.75, 3.05) is 32.7 Å². The molecule has 2 aromatic rings. The van der Waals surface area contributed by atoms with Crippen molar-refractivity contribution >= 4 is 32.8 Å². The maximum atomic E-state index is 14.5. The summed E-state index contributed by atoms with van der Waals surface area (Å²) in [4.78, 5) is 27.4. The predicted molar refractivity (Wildman–Crippen MR) is 124 cm³/mol. The second kappa shape index (κ2) is 11.1. The van der Waals surface area contributed by atoms with Gasteiger partial charge < -0.3 is 10.6 Å². The third-order valence-electron chi connectivity index (χ3n) is 5.64. The van der Waals surface area contributed by atoms with Crippen LogP contribution in [0.1, 0.15) is 23.6 Å². The zero-order chi connectivity index (χ0) is 24.0. The van der Waals surface area contributed by atoms with Crippen molar-refractivity contribution in [2.45, 2.75) is 18.9 Å². The highest BCUT2D eigenvalue weighted by Crippen LogP contribution is 2.25. The third-order valence-corrected chi connectivity index (χ3v) is 6.97. The molecule has 1 aliphatic rings. The Kier molecular flexibility index (Phi) is 8.41. The highest BCUT2D eigenvalue weighted by Gasteiger charge is 2.30. The van der Waals surface area contributed by atoms with E-state index >= 15 is 0 Å². The van der Waals surface area contributed by atoms with Crippen LogP contribution in [0.25, 0.3) is 0 Å². The minimum atomic E-state index is -4.35. The van der Waals surface area contributed by atoms with E-state index in [1.165, 1.54) is 6.07 Å². The number of nitrogens with one attached hydrogen (secondary N) is 1. The first-order valence-corrected chi connectivity index (χ1v) is 12.3. The molecule has 0 aliphatic carbocycles. The molecule has 1 heterocycles. The van der Waals surface area contributed by atoms with E-state index in [4.69, 9.17) is 17.3 Å². The first-order chi connectivity index (χ1) is 15.7. The Morgan fingerprint density at radius 3 is 2.30 bits per heavy atom. The predicted octanol–water partition coefficient (Wildman–Crippen LogP) is 2.30. The quantitative estimate of drug-likeness (QED) is 0.582. The first-order valence-electron chi connectivity index (χ1n) is 10.5. The standard InChI is InChI=1S/C22H26ClFN4O4S/c23-17-8-5-16(6-9-17)7-10-21(29)28-13-11-27(12-14-28)20(15-26-33(31,32)22(25)30)18-3-1-2-4-19(18)24/h1-6,8-9,20,26H,7,10-15H2,(H2,25,30). The summed E-state index contributed by atoms with van der Waals surface area (Å²) < 4.78 is 40.3. The van der Waals surface area contributed by atoms with E-state index in [0.717, 1.165) is 5.56 Å². The number of nitrogens with zero attached hydrogens (tertiary/aromatic N) is 2. The summed E-state index contributed by atoms with van der Waals surface area (Å²) in [6.07, 6.45) is 0.958. The lowest BCUT2D eigenvalue weighted by Gasteiger charge is -2.39. The summed E-state index contributed by atoms with van der Waals surface area (Å²) in [6.45, 7) is 1.46. The van der Waals surface area contributed by atoms with Crippen molar-refractivity contribution < 1.29 is 22.4 Å². The summed E-state index contributed by atoms with van der Waals surface area (Å²) in [5.41, 5.74) is 6.22. The molecule has 1 fully saturated rings. The fourth-order valence-electron chi connectivity index (χ4n) is 3.78. The molecule has 8 nitrogen and oxygen atoms in total. The zero-order valence-electron chi connectivity index (χ0n) is 17.9. The molecule has 1 saturated heterocycles. The summed E-state index contributed by atoms with van der Waals surface area (Å²) in [7, 11) is -4.35. The van der Waals surface area contributed by atoms with Gasteiger partial charge in [-0.25, -0.2) is 17.5 Å². The average Bonchev–Trinajstić information content (AvgIpc) is 2.80. The molecule has 178 valence electrons. The number of nitrogens with two attached hydrogens (primary N) is 1. The number of primary amides is 1. The first kappa shape index (κ1) is 25.1. The Morgan fingerprint density at radius 1 is 1.06 bits per heavy atom. The fraction of sp³-hybridized carbons (Fsp3) is 0.364. The van der Waals surface area contributed by atoms with Crippen LogP contribution in [0, 0.1) is 5.82 Å². The van der Waals surface area contributed by atoms with Crippen LogP contribution < -0.4 is 10.5 Å². The largest absolute Gasteiger partial charge is 0.355 e. The molecule has 33 heavy (non-hydrogen) atoms. The van der Waals surface area contributed by atoms with E-state index in [2.05, 4.69) is 4.72 Å². The van der Waals surface area contributed by atoms with Crippen LogP contribution in [0.2, 0.25) is 5.02 Å². The van der Waals surface area contributed by atoms with Crippen LogP contribution in [-0.4, -0.2) is 62.1 Å². The van der Waals surface area contributed by atoms with Gasteiger partial charge >= 0.3 is 5.24 Å². The van der Waals surface area contributed by atoms with Gasteiger partial charge in [-0.2, -0.15) is 0 Å². The number of halogens is 2. The molecule has 0 radical (unpaired) electrons. The van der Waals surface area contributed by atoms with Crippen LogP contribution in [0.5, 0.6) is 0 Å². The number of piperazine rings is 1. The SMILES string of the molecule is NC(=O)S(=O)(=O)NCC(c1ccccc1F)N1CCN(C(=O)CCc2ccc(Cl)cc2)CC1. The zero-order valence-corrected chi connectivity index (χ0v) is 19.5. The molecular formula is C22H26ClFN4O4S. The highest BCUT2D eigenvalue weighted by molar-refractivity contribution is 8.04. The number of rotatable bonds is 8. The molecule has 0 bridgehead atoms. The number of carbonyl (C=O) groups excluding carboxylic acids is 2. The lowest BCUT2D eigenvalue weighted by atomic mass is 10.0. The van der Waals surface area contributed by atoms with E-state index in [1.807, 2.05) is 17.0 Å². The van der Waals surface area contributed by atoms with E-state index in [0.29, 0.717) is 49.6 Å². The number of aryl methyl sites for hydroxylation is 1. The maximum absolute atomic E-state index is 14.5. The smallest absolute Gasteiger partial charge is 0.349 e. The molecular weight excluding hydrogens is 471 g/mol. The Hall–Kier alpha value is -2.53. The number of hydrogen-bond donors (Lipinski definition) is 2. The van der Waals surface area contributed by atoms with Gasteiger partial charge in [0.05, 0.1) is 6.04 Å². The van der Waals surface area contributed by atoms with Gasteiger partial charge in [0.1, 0.15) is 5.82 Å². The minimum Gasteiger partial charge on any atom is -0.355 e. The topological polar surface area (TPSA) is 113 Å². The van der Waals surface area contributed by atoms with E-state index < -0.39 is 27.1 Å². The summed E-state index contributed by atoms with van der Waals surface area (Å²) in [6, 6.07) is 12.8. The fourth-order valence-corrected chi connectivity index (χ4v) is 4.43. The van der Waals surface area contributed by atoms with Crippen molar-refractivity contribution in [2.24, 2.45) is 5.73 Å². The average molecular weight is 497 g/mol. The van der Waals surface area contributed by atoms with Gasteiger partial charge in [0.15, 0.2) is 0 Å². The van der Waals surface area contributed by atoms with Crippen molar-refractivity contribution in [3.05, 3.63) is 70.5 Å². The molecule has 11 heteroatoms. The molecule has 1 atom stereocenters. The highest BCUT2D eigenvalue weighted by atomic mass is 35.5. The molecule has 3 rings (SSSR count). The van der Waals surface area contributed by atoms with Crippen molar-refractivity contribution in [1.29, 1.82) is 0 Å². The lowest BCUT2D eigenvalue weighted by molar-refractivity contribution is -0.133. The maximum Gasteiger partial charge on any atom is 0.349 e. The molecule has 1 aliphatic heterocycles. The van der Waals surface area contributed by atoms with Crippen LogP contribution in [0.4, 0.5) is 9.18 Å². The Labute approximate surface area is 197 Å². The van der Waals surface area contributed by atoms with Gasteiger partial charge in [-0.15, -0.1) is 0 Å². The molecule has 2 amide bonds. The van der Waals surface area contributed by atoms with Crippen LogP contribution in [-0.2, 0) is 21.2 Å². The minimum absolute atomic E-state index is 0.0153. The van der Waals surface area contributed by atoms with E-state index in [9.17, 15) is 22.4 Å². The van der Waals surface area contributed by atoms with Gasteiger partial charge in [0.25, 0.3) is 10.0 Å². The van der Waals surface area contributed by atoms with Gasteiger partial charge in [0, 0.05) is 49.7 Å². The lowest BCUT2D eigenvalue weighted by Crippen LogP contribution is -2.52. The molecule has 1 unspecified atom stereocenters. The molecule has 0 spiro atoms. The van der Waals surface area contributed by atoms with Crippen LogP contribution in [0.15, 0.2) is 48.5 Å². The van der Waals surface area contributed by atoms with Gasteiger partial charge in [-0.05, 0) is 30.2 Å². The van der Waals surface area contributed by atoms with Crippen molar-refractivity contribution in [1.82, 2.24) is 14.5 Å². The number of hydrogen-bond acceptors (Lipinski definition) is 5. The number of sulfonamides is 1. The Balaban J connectivity index is 1.62. The van der Waals surface area contributed by atoms with E-state index in [1.54, 1.807) is 35.2 Å². The van der Waals surface area contributed by atoms with Crippen molar-refractivity contribution in [3.8, 4) is 0 Å². The third kappa shape index (κ3) is 6.73. The summed E-state index contributed by atoms with van der Waals surface area (Å²) in [5, 5.41) is -0.852. The Bertz CT molecular complexity index is 1090. The number of benzene rings is 2. The van der Waals surface area contributed by atoms with E-state index in [-0.39, 0.29) is 12.5 Å².